The predicted octanol–water partition coefficient (Wildman–Crippen LogP) is 4.15. The molecule has 0 saturated carbocycles. The number of carbonyl (C=O) groups excluding carboxylic acids is 1. The lowest BCUT2D eigenvalue weighted by Gasteiger charge is -2.16. The smallest absolute Gasteiger partial charge is 0.229 e. The van der Waals surface area contributed by atoms with Crippen molar-refractivity contribution in [3.8, 4) is 0 Å². The molecular formula is C18H20ClNO. The zero-order valence-corrected chi connectivity index (χ0v) is 13.4. The summed E-state index contributed by atoms with van der Waals surface area (Å²) in [5, 5.41) is -0.310. The van der Waals surface area contributed by atoms with Crippen molar-refractivity contribution < 1.29 is 4.79 Å². The Kier molecular flexibility index (Phi) is 5.03. The van der Waals surface area contributed by atoms with Gasteiger partial charge in [0.1, 0.15) is 0 Å². The highest BCUT2D eigenvalue weighted by Gasteiger charge is 2.19. The highest BCUT2D eigenvalue weighted by Crippen LogP contribution is 2.25. The Bertz CT molecular complexity index is 602. The zero-order chi connectivity index (χ0) is 15.4. The van der Waals surface area contributed by atoms with Crippen LogP contribution in [-0.2, 0) is 11.2 Å². The Morgan fingerprint density at radius 1 is 1.05 bits per heavy atom. The predicted molar refractivity (Wildman–Crippen MR) is 89.3 cm³/mol. The molecular weight excluding hydrogens is 282 g/mol. The molecule has 0 radical (unpaired) electrons. The lowest BCUT2D eigenvalue weighted by molar-refractivity contribution is -0.113. The summed E-state index contributed by atoms with van der Waals surface area (Å²) in [6, 6.07) is 16.2. The Labute approximate surface area is 131 Å². The van der Waals surface area contributed by atoms with Crippen LogP contribution in [0.15, 0.2) is 48.5 Å². The minimum absolute atomic E-state index is 0.294. The first-order valence-corrected chi connectivity index (χ1v) is 7.37. The Morgan fingerprint density at radius 2 is 1.62 bits per heavy atom. The average molecular weight is 302 g/mol. The fraction of sp³-hybridized carbons (Fsp3) is 0.278. The number of halogens is 1. The maximum Gasteiger partial charge on any atom is 0.229 e. The summed E-state index contributed by atoms with van der Waals surface area (Å²) in [7, 11) is 4.01. The number of carbonyl (C=O) groups is 1. The lowest BCUT2D eigenvalue weighted by atomic mass is 9.92. The van der Waals surface area contributed by atoms with E-state index in [2.05, 4.69) is 24.3 Å². The van der Waals surface area contributed by atoms with Crippen LogP contribution in [0, 0.1) is 6.92 Å². The number of anilines is 1. The SMILES string of the molecule is Cc1ccc(C(Cc2ccc(N(C)C)cc2)C(=O)Cl)cc1. The largest absolute Gasteiger partial charge is 0.378 e. The van der Waals surface area contributed by atoms with Crippen molar-refractivity contribution in [1.29, 1.82) is 0 Å². The van der Waals surface area contributed by atoms with Crippen molar-refractivity contribution in [3.05, 3.63) is 65.2 Å². The van der Waals surface area contributed by atoms with Crippen LogP contribution in [0.2, 0.25) is 0 Å². The molecule has 1 atom stereocenters. The maximum atomic E-state index is 11.8. The highest BCUT2D eigenvalue weighted by molar-refractivity contribution is 6.64. The number of hydrogen-bond donors (Lipinski definition) is 0. The van der Waals surface area contributed by atoms with E-state index in [4.69, 9.17) is 11.6 Å². The van der Waals surface area contributed by atoms with Crippen LogP contribution < -0.4 is 4.90 Å². The molecule has 0 aromatic heterocycles. The number of rotatable bonds is 5. The van der Waals surface area contributed by atoms with Crippen molar-refractivity contribution in [3.63, 3.8) is 0 Å². The molecule has 0 N–H and O–H groups in total. The number of hydrogen-bond acceptors (Lipinski definition) is 2. The molecule has 0 fully saturated rings. The summed E-state index contributed by atoms with van der Waals surface area (Å²) < 4.78 is 0. The quantitative estimate of drug-likeness (QED) is 0.773. The van der Waals surface area contributed by atoms with Crippen molar-refractivity contribution >= 4 is 22.5 Å². The van der Waals surface area contributed by atoms with Gasteiger partial charge in [-0.3, -0.25) is 4.79 Å². The third-order valence-corrected chi connectivity index (χ3v) is 3.91. The Balaban J connectivity index is 2.20. The van der Waals surface area contributed by atoms with Gasteiger partial charge >= 0.3 is 0 Å². The van der Waals surface area contributed by atoms with Gasteiger partial charge in [-0.15, -0.1) is 0 Å². The second-order valence-corrected chi connectivity index (χ2v) is 5.90. The standard InChI is InChI=1S/C18H20ClNO/c1-13-4-8-15(9-5-13)17(18(19)21)12-14-6-10-16(11-7-14)20(2)3/h4-11,17H,12H2,1-3H3. The summed E-state index contributed by atoms with van der Waals surface area (Å²) in [5.41, 5.74) is 4.40. The average Bonchev–Trinajstić information content (AvgIpc) is 2.46. The monoisotopic (exact) mass is 301 g/mol. The number of nitrogens with zero attached hydrogens (tertiary/aromatic N) is 1. The van der Waals surface area contributed by atoms with Gasteiger partial charge < -0.3 is 4.90 Å². The normalized spacial score (nSPS) is 12.0. The summed E-state index contributed by atoms with van der Waals surface area (Å²) in [6.45, 7) is 2.03. The molecule has 0 amide bonds. The van der Waals surface area contributed by atoms with Gasteiger partial charge in [0.25, 0.3) is 0 Å². The fourth-order valence-corrected chi connectivity index (χ4v) is 2.50. The van der Waals surface area contributed by atoms with Gasteiger partial charge in [-0.05, 0) is 48.2 Å². The highest BCUT2D eigenvalue weighted by atomic mass is 35.5. The van der Waals surface area contributed by atoms with E-state index in [0.717, 1.165) is 16.8 Å². The Hall–Kier alpha value is -1.80. The van der Waals surface area contributed by atoms with E-state index in [1.807, 2.05) is 50.2 Å². The van der Waals surface area contributed by atoms with Crippen LogP contribution in [0.5, 0.6) is 0 Å². The van der Waals surface area contributed by atoms with Gasteiger partial charge in [0.2, 0.25) is 5.24 Å². The third-order valence-electron chi connectivity index (χ3n) is 3.65. The van der Waals surface area contributed by atoms with Gasteiger partial charge in [0.05, 0.1) is 5.92 Å². The van der Waals surface area contributed by atoms with Crippen LogP contribution in [0.3, 0.4) is 0 Å². The molecule has 0 spiro atoms. The molecule has 110 valence electrons. The van der Waals surface area contributed by atoms with Crippen molar-refractivity contribution in [1.82, 2.24) is 0 Å². The third kappa shape index (κ3) is 4.08. The first-order valence-electron chi connectivity index (χ1n) is 6.99. The summed E-state index contributed by atoms with van der Waals surface area (Å²) in [5.74, 6) is -0.294. The first-order chi connectivity index (χ1) is 9.97. The topological polar surface area (TPSA) is 20.3 Å². The maximum absolute atomic E-state index is 11.8. The van der Waals surface area contributed by atoms with E-state index in [9.17, 15) is 4.79 Å². The molecule has 0 aliphatic heterocycles. The number of aryl methyl sites for hydroxylation is 1. The minimum Gasteiger partial charge on any atom is -0.378 e. The van der Waals surface area contributed by atoms with E-state index in [0.29, 0.717) is 6.42 Å². The molecule has 3 heteroatoms. The van der Waals surface area contributed by atoms with Crippen LogP contribution in [0.25, 0.3) is 0 Å². The Morgan fingerprint density at radius 3 is 2.10 bits per heavy atom. The van der Waals surface area contributed by atoms with Gasteiger partial charge in [0, 0.05) is 19.8 Å². The van der Waals surface area contributed by atoms with E-state index in [1.165, 1.54) is 5.56 Å². The molecule has 0 bridgehead atoms. The first kappa shape index (κ1) is 15.6. The molecule has 2 aromatic carbocycles. The molecule has 0 heterocycles. The second-order valence-electron chi connectivity index (χ2n) is 5.53. The second kappa shape index (κ2) is 6.77. The summed E-state index contributed by atoms with van der Waals surface area (Å²) in [4.78, 5) is 13.8. The van der Waals surface area contributed by atoms with Crippen LogP contribution >= 0.6 is 11.6 Å². The fourth-order valence-electron chi connectivity index (χ4n) is 2.29. The number of benzene rings is 2. The van der Waals surface area contributed by atoms with Crippen molar-refractivity contribution in [2.24, 2.45) is 0 Å². The molecule has 2 rings (SSSR count). The van der Waals surface area contributed by atoms with E-state index in [1.54, 1.807) is 0 Å². The lowest BCUT2D eigenvalue weighted by Crippen LogP contribution is -2.11. The van der Waals surface area contributed by atoms with Gasteiger partial charge in [-0.1, -0.05) is 42.0 Å². The molecule has 0 aliphatic rings. The van der Waals surface area contributed by atoms with E-state index in [-0.39, 0.29) is 11.2 Å². The summed E-state index contributed by atoms with van der Waals surface area (Å²) >= 11 is 5.80. The van der Waals surface area contributed by atoms with E-state index >= 15 is 0 Å². The van der Waals surface area contributed by atoms with Crippen LogP contribution in [-0.4, -0.2) is 19.3 Å². The van der Waals surface area contributed by atoms with Crippen molar-refractivity contribution in [2.45, 2.75) is 19.3 Å². The molecule has 2 nitrogen and oxygen atoms in total. The molecule has 21 heavy (non-hydrogen) atoms. The van der Waals surface area contributed by atoms with Gasteiger partial charge in [0.15, 0.2) is 0 Å². The van der Waals surface area contributed by atoms with Gasteiger partial charge in [-0.25, -0.2) is 0 Å². The summed E-state index contributed by atoms with van der Waals surface area (Å²) in [6.07, 6.45) is 0.624. The molecule has 2 aromatic rings. The van der Waals surface area contributed by atoms with Crippen LogP contribution in [0.1, 0.15) is 22.6 Å². The van der Waals surface area contributed by atoms with Crippen molar-refractivity contribution in [2.75, 3.05) is 19.0 Å². The zero-order valence-electron chi connectivity index (χ0n) is 12.6. The molecule has 0 saturated heterocycles. The molecule has 0 aliphatic carbocycles. The van der Waals surface area contributed by atoms with Crippen LogP contribution in [0.4, 0.5) is 5.69 Å². The minimum atomic E-state index is -0.310. The van der Waals surface area contributed by atoms with Gasteiger partial charge in [-0.2, -0.15) is 0 Å². The molecule has 1 unspecified atom stereocenters. The van der Waals surface area contributed by atoms with E-state index < -0.39 is 0 Å².